The first-order chi connectivity index (χ1) is 9.75. The smallest absolute Gasteiger partial charge is 0.246 e. The third kappa shape index (κ3) is 2.97. The van der Waals surface area contributed by atoms with Crippen LogP contribution in [0.1, 0.15) is 19.3 Å². The number of anilines is 1. The van der Waals surface area contributed by atoms with Gasteiger partial charge in [-0.05, 0) is 25.0 Å². The lowest BCUT2D eigenvalue weighted by atomic mass is 10.0. The van der Waals surface area contributed by atoms with E-state index in [-0.39, 0.29) is 17.3 Å². The van der Waals surface area contributed by atoms with E-state index in [0.717, 1.165) is 16.4 Å². The van der Waals surface area contributed by atoms with Gasteiger partial charge in [0.2, 0.25) is 15.9 Å². The normalized spacial score (nSPS) is 20.4. The molecule has 1 atom stereocenters. The molecule has 0 bridgehead atoms. The highest BCUT2D eigenvalue weighted by molar-refractivity contribution is 7.89. The minimum absolute atomic E-state index is 0.0209. The van der Waals surface area contributed by atoms with Crippen molar-refractivity contribution >= 4 is 33.2 Å². The molecule has 1 amide bonds. The van der Waals surface area contributed by atoms with Crippen molar-refractivity contribution < 1.29 is 17.6 Å². The number of amides is 1. The molecule has 116 valence electrons. The Morgan fingerprint density at radius 1 is 1.38 bits per heavy atom. The summed E-state index contributed by atoms with van der Waals surface area (Å²) in [6, 6.07) is 1.13. The zero-order valence-electron chi connectivity index (χ0n) is 11.1. The van der Waals surface area contributed by atoms with Crippen molar-refractivity contribution in [2.75, 3.05) is 12.3 Å². The van der Waals surface area contributed by atoms with Gasteiger partial charge >= 0.3 is 0 Å². The molecule has 21 heavy (non-hydrogen) atoms. The molecule has 9 heteroatoms. The van der Waals surface area contributed by atoms with Gasteiger partial charge in [0.05, 0.1) is 5.02 Å². The highest BCUT2D eigenvalue weighted by Gasteiger charge is 2.38. The van der Waals surface area contributed by atoms with E-state index in [1.807, 2.05) is 0 Å². The average molecular weight is 336 g/mol. The van der Waals surface area contributed by atoms with Crippen molar-refractivity contribution in [1.82, 2.24) is 4.31 Å². The zero-order chi connectivity index (χ0) is 15.8. The van der Waals surface area contributed by atoms with Gasteiger partial charge in [-0.2, -0.15) is 4.31 Å². The molecule has 1 fully saturated rings. The molecule has 6 nitrogen and oxygen atoms in total. The van der Waals surface area contributed by atoms with Crippen LogP contribution in [-0.2, 0) is 14.8 Å². The number of halogens is 2. The van der Waals surface area contributed by atoms with Crippen molar-refractivity contribution in [2.24, 2.45) is 5.73 Å². The molecule has 1 unspecified atom stereocenters. The molecule has 0 saturated carbocycles. The molecular formula is C12H15ClFN3O3S. The van der Waals surface area contributed by atoms with Gasteiger partial charge in [0.15, 0.2) is 5.82 Å². The Morgan fingerprint density at radius 3 is 2.67 bits per heavy atom. The predicted octanol–water partition coefficient (Wildman–Crippen LogP) is 1.09. The monoisotopic (exact) mass is 335 g/mol. The maximum Gasteiger partial charge on any atom is 0.246 e. The summed E-state index contributed by atoms with van der Waals surface area (Å²) in [6.07, 6.45) is 1.56. The molecule has 0 radical (unpaired) electrons. The molecule has 2 rings (SSSR count). The SMILES string of the molecule is NC(=O)C1CCCCN1S(=O)(=O)c1cc(N)cc(Cl)c1F. The number of nitrogens with zero attached hydrogens (tertiary/aromatic N) is 1. The van der Waals surface area contributed by atoms with Crippen molar-refractivity contribution in [3.05, 3.63) is 23.0 Å². The second-order valence-corrected chi connectivity index (χ2v) is 7.11. The summed E-state index contributed by atoms with van der Waals surface area (Å²) in [5.41, 5.74) is 10.8. The van der Waals surface area contributed by atoms with Crippen molar-refractivity contribution in [3.63, 3.8) is 0 Å². The highest BCUT2D eigenvalue weighted by Crippen LogP contribution is 2.31. The number of piperidine rings is 1. The van der Waals surface area contributed by atoms with Crippen LogP contribution in [-0.4, -0.2) is 31.2 Å². The fraction of sp³-hybridized carbons (Fsp3) is 0.417. The predicted molar refractivity (Wildman–Crippen MR) is 76.5 cm³/mol. The second kappa shape index (κ2) is 5.78. The Balaban J connectivity index is 2.53. The standard InChI is InChI=1S/C12H15ClFN3O3S/c13-8-5-7(15)6-10(11(8)14)21(19,20)17-4-2-1-3-9(17)12(16)18/h5-6,9H,1-4,15H2,(H2,16,18). The van der Waals surface area contributed by atoms with Crippen molar-refractivity contribution in [3.8, 4) is 0 Å². The Morgan fingerprint density at radius 2 is 2.05 bits per heavy atom. The first-order valence-corrected chi connectivity index (χ1v) is 8.12. The quantitative estimate of drug-likeness (QED) is 0.806. The number of hydrogen-bond donors (Lipinski definition) is 2. The fourth-order valence-electron chi connectivity index (χ4n) is 2.37. The van der Waals surface area contributed by atoms with Crippen LogP contribution in [0.2, 0.25) is 5.02 Å². The van der Waals surface area contributed by atoms with E-state index in [1.165, 1.54) is 0 Å². The Bertz CT molecular complexity index is 681. The lowest BCUT2D eigenvalue weighted by molar-refractivity contribution is -0.122. The third-order valence-corrected chi connectivity index (χ3v) is 5.57. The van der Waals surface area contributed by atoms with Crippen molar-refractivity contribution in [1.29, 1.82) is 0 Å². The summed E-state index contributed by atoms with van der Waals surface area (Å²) in [4.78, 5) is 10.8. The van der Waals surface area contributed by atoms with Gasteiger partial charge in [0.1, 0.15) is 10.9 Å². The second-order valence-electron chi connectivity index (χ2n) is 4.84. The number of nitrogen functional groups attached to an aromatic ring is 1. The molecular weight excluding hydrogens is 321 g/mol. The maximum absolute atomic E-state index is 14.1. The largest absolute Gasteiger partial charge is 0.399 e. The van der Waals surface area contributed by atoms with E-state index in [9.17, 15) is 17.6 Å². The minimum atomic E-state index is -4.24. The Labute approximate surface area is 126 Å². The van der Waals surface area contributed by atoms with Crippen LogP contribution in [0.15, 0.2) is 17.0 Å². The van der Waals surface area contributed by atoms with Crippen LogP contribution in [0.3, 0.4) is 0 Å². The molecule has 1 aromatic carbocycles. The Hall–Kier alpha value is -1.38. The number of primary amides is 1. The molecule has 1 aliphatic heterocycles. The van der Waals surface area contributed by atoms with Gasteiger partial charge in [-0.25, -0.2) is 12.8 Å². The Kier molecular flexibility index (Phi) is 4.40. The molecule has 1 aliphatic rings. The maximum atomic E-state index is 14.1. The number of nitrogens with two attached hydrogens (primary N) is 2. The molecule has 4 N–H and O–H groups in total. The number of rotatable bonds is 3. The van der Waals surface area contributed by atoms with E-state index in [0.29, 0.717) is 19.3 Å². The molecule has 1 aromatic rings. The summed E-state index contributed by atoms with van der Waals surface area (Å²) in [5, 5.41) is -0.388. The summed E-state index contributed by atoms with van der Waals surface area (Å²) in [7, 11) is -4.24. The summed E-state index contributed by atoms with van der Waals surface area (Å²) in [5.74, 6) is -1.84. The number of carbonyl (C=O) groups excluding carboxylic acids is 1. The highest BCUT2D eigenvalue weighted by atomic mass is 35.5. The van der Waals surface area contributed by atoms with E-state index in [4.69, 9.17) is 23.1 Å². The van der Waals surface area contributed by atoms with E-state index < -0.39 is 32.7 Å². The first-order valence-electron chi connectivity index (χ1n) is 6.31. The number of hydrogen-bond acceptors (Lipinski definition) is 4. The van der Waals surface area contributed by atoms with Crippen LogP contribution >= 0.6 is 11.6 Å². The summed E-state index contributed by atoms with van der Waals surface area (Å²) in [6.45, 7) is 0.0990. The zero-order valence-corrected chi connectivity index (χ0v) is 12.6. The molecule has 0 aromatic heterocycles. The van der Waals surface area contributed by atoms with E-state index >= 15 is 0 Å². The van der Waals surface area contributed by atoms with Crippen LogP contribution in [0.5, 0.6) is 0 Å². The lowest BCUT2D eigenvalue weighted by Gasteiger charge is -2.32. The third-order valence-electron chi connectivity index (χ3n) is 3.39. The topological polar surface area (TPSA) is 106 Å². The van der Waals surface area contributed by atoms with Crippen LogP contribution in [0.25, 0.3) is 0 Å². The number of benzene rings is 1. The van der Waals surface area contributed by atoms with Gasteiger partial charge < -0.3 is 11.5 Å². The molecule has 1 heterocycles. The fourth-order valence-corrected chi connectivity index (χ4v) is 4.45. The van der Waals surface area contributed by atoms with Gasteiger partial charge in [-0.1, -0.05) is 18.0 Å². The molecule has 0 spiro atoms. The minimum Gasteiger partial charge on any atom is -0.399 e. The number of carbonyl (C=O) groups is 1. The van der Waals surface area contributed by atoms with E-state index in [1.54, 1.807) is 0 Å². The van der Waals surface area contributed by atoms with Gasteiger partial charge in [-0.15, -0.1) is 0 Å². The summed E-state index contributed by atoms with van der Waals surface area (Å²) < 4.78 is 40.2. The van der Waals surface area contributed by atoms with Crippen LogP contribution in [0.4, 0.5) is 10.1 Å². The summed E-state index contributed by atoms with van der Waals surface area (Å²) >= 11 is 5.63. The molecule has 0 aliphatic carbocycles. The van der Waals surface area contributed by atoms with E-state index in [2.05, 4.69) is 0 Å². The van der Waals surface area contributed by atoms with Crippen LogP contribution in [0, 0.1) is 5.82 Å². The average Bonchev–Trinajstić information content (AvgIpc) is 2.42. The van der Waals surface area contributed by atoms with Gasteiger partial charge in [0.25, 0.3) is 0 Å². The first kappa shape index (κ1) is 16.0. The van der Waals surface area contributed by atoms with Gasteiger partial charge in [-0.3, -0.25) is 4.79 Å². The lowest BCUT2D eigenvalue weighted by Crippen LogP contribution is -2.50. The van der Waals surface area contributed by atoms with Crippen LogP contribution < -0.4 is 11.5 Å². The van der Waals surface area contributed by atoms with Crippen molar-refractivity contribution in [2.45, 2.75) is 30.2 Å². The number of sulfonamides is 1. The van der Waals surface area contributed by atoms with Gasteiger partial charge in [0, 0.05) is 12.2 Å². The molecule has 1 saturated heterocycles.